The van der Waals surface area contributed by atoms with Crippen molar-refractivity contribution in [2.75, 3.05) is 7.05 Å². The summed E-state index contributed by atoms with van der Waals surface area (Å²) in [6, 6.07) is 9.58. The Bertz CT molecular complexity index is 484. The Morgan fingerprint density at radius 2 is 1.89 bits per heavy atom. The summed E-state index contributed by atoms with van der Waals surface area (Å²) < 4.78 is 0.942. The van der Waals surface area contributed by atoms with Gasteiger partial charge >= 0.3 is 0 Å². The molecule has 18 heavy (non-hydrogen) atoms. The largest absolute Gasteiger partial charge is 0.323 e. The van der Waals surface area contributed by atoms with E-state index < -0.39 is 5.54 Å². The fraction of sp³-hybridized carbons (Fsp3) is 0.429. The minimum atomic E-state index is -0.607. The number of hydrogen-bond donors (Lipinski definition) is 0. The Hall–Kier alpha value is -1.34. The summed E-state index contributed by atoms with van der Waals surface area (Å²) in [5, 5.41) is 9.38. The maximum Gasteiger partial charge on any atom is 0.254 e. The van der Waals surface area contributed by atoms with E-state index in [4.69, 9.17) is 0 Å². The predicted molar refractivity (Wildman–Crippen MR) is 73.0 cm³/mol. The molecule has 3 nitrogen and oxygen atoms in total. The lowest BCUT2D eigenvalue weighted by atomic mass is 9.97. The first-order chi connectivity index (χ1) is 8.59. The highest BCUT2D eigenvalue weighted by Crippen LogP contribution is 2.34. The van der Waals surface area contributed by atoms with Crippen molar-refractivity contribution in [2.24, 2.45) is 0 Å². The second-order valence-electron chi connectivity index (χ2n) is 4.72. The average molecular weight is 307 g/mol. The Morgan fingerprint density at radius 1 is 1.33 bits per heavy atom. The van der Waals surface area contributed by atoms with E-state index in [1.54, 1.807) is 24.1 Å². The van der Waals surface area contributed by atoms with Crippen LogP contribution in [-0.4, -0.2) is 23.4 Å². The second-order valence-corrected chi connectivity index (χ2v) is 5.64. The van der Waals surface area contributed by atoms with Crippen LogP contribution in [0.5, 0.6) is 0 Å². The molecule has 0 bridgehead atoms. The van der Waals surface area contributed by atoms with E-state index >= 15 is 0 Å². The van der Waals surface area contributed by atoms with Gasteiger partial charge in [0.25, 0.3) is 5.91 Å². The number of rotatable bonds is 2. The zero-order valence-electron chi connectivity index (χ0n) is 10.3. The van der Waals surface area contributed by atoms with Crippen LogP contribution in [-0.2, 0) is 0 Å². The van der Waals surface area contributed by atoms with Crippen LogP contribution in [0.25, 0.3) is 0 Å². The highest BCUT2D eigenvalue weighted by Gasteiger charge is 2.40. The molecule has 0 N–H and O–H groups in total. The van der Waals surface area contributed by atoms with Gasteiger partial charge in [0.05, 0.1) is 6.07 Å². The maximum absolute atomic E-state index is 12.4. The molecule has 0 spiro atoms. The second kappa shape index (κ2) is 5.11. The molecule has 1 fully saturated rings. The van der Waals surface area contributed by atoms with Gasteiger partial charge in [-0.1, -0.05) is 15.9 Å². The van der Waals surface area contributed by atoms with Crippen molar-refractivity contribution in [3.05, 3.63) is 34.3 Å². The van der Waals surface area contributed by atoms with Crippen LogP contribution in [0, 0.1) is 11.3 Å². The lowest BCUT2D eigenvalue weighted by Gasteiger charge is -2.32. The zero-order chi connectivity index (χ0) is 13.2. The van der Waals surface area contributed by atoms with E-state index in [0.29, 0.717) is 5.56 Å². The third-order valence-corrected chi connectivity index (χ3v) is 4.21. The molecule has 4 heteroatoms. The van der Waals surface area contributed by atoms with Gasteiger partial charge in [0.1, 0.15) is 5.54 Å². The highest BCUT2D eigenvalue weighted by molar-refractivity contribution is 9.10. The van der Waals surface area contributed by atoms with Crippen LogP contribution in [0.2, 0.25) is 0 Å². The summed E-state index contributed by atoms with van der Waals surface area (Å²) in [4.78, 5) is 14.0. The average Bonchev–Trinajstić information content (AvgIpc) is 2.88. The van der Waals surface area contributed by atoms with Gasteiger partial charge in [0, 0.05) is 17.1 Å². The summed E-state index contributed by atoms with van der Waals surface area (Å²) in [7, 11) is 1.74. The number of carbonyl (C=O) groups is 1. The van der Waals surface area contributed by atoms with Gasteiger partial charge in [-0.15, -0.1) is 0 Å². The van der Waals surface area contributed by atoms with E-state index in [2.05, 4.69) is 22.0 Å². The van der Waals surface area contributed by atoms with Crippen molar-refractivity contribution in [1.29, 1.82) is 5.26 Å². The molecule has 94 valence electrons. The van der Waals surface area contributed by atoms with E-state index in [0.717, 1.165) is 30.2 Å². The smallest absolute Gasteiger partial charge is 0.254 e. The summed E-state index contributed by atoms with van der Waals surface area (Å²) >= 11 is 3.34. The molecule has 0 unspecified atom stereocenters. The fourth-order valence-electron chi connectivity index (χ4n) is 2.46. The van der Waals surface area contributed by atoms with Crippen molar-refractivity contribution in [1.82, 2.24) is 4.90 Å². The van der Waals surface area contributed by atoms with Gasteiger partial charge in [0.15, 0.2) is 0 Å². The van der Waals surface area contributed by atoms with Crippen molar-refractivity contribution >= 4 is 21.8 Å². The molecule has 1 aliphatic carbocycles. The minimum Gasteiger partial charge on any atom is -0.323 e. The molecule has 1 amide bonds. The molecule has 0 aromatic heterocycles. The molecule has 2 rings (SSSR count). The van der Waals surface area contributed by atoms with Crippen molar-refractivity contribution in [3.63, 3.8) is 0 Å². The Labute approximate surface area is 116 Å². The van der Waals surface area contributed by atoms with Crippen molar-refractivity contribution < 1.29 is 4.79 Å². The number of benzene rings is 1. The third kappa shape index (κ3) is 2.28. The van der Waals surface area contributed by atoms with Crippen LogP contribution in [0.3, 0.4) is 0 Å². The van der Waals surface area contributed by atoms with E-state index in [1.165, 1.54) is 0 Å². The van der Waals surface area contributed by atoms with Crippen LogP contribution in [0.1, 0.15) is 36.0 Å². The molecule has 1 aliphatic rings. The SMILES string of the molecule is CN(C(=O)c1ccc(Br)cc1)C1(C#N)CCCC1. The van der Waals surface area contributed by atoms with Gasteiger partial charge in [-0.3, -0.25) is 4.79 Å². The van der Waals surface area contributed by atoms with Gasteiger partial charge in [0.2, 0.25) is 0 Å². The molecule has 0 radical (unpaired) electrons. The topological polar surface area (TPSA) is 44.1 Å². The molecule has 1 saturated carbocycles. The molecule has 1 aromatic carbocycles. The first-order valence-electron chi connectivity index (χ1n) is 6.04. The zero-order valence-corrected chi connectivity index (χ0v) is 11.9. The first kappa shape index (κ1) is 13.1. The first-order valence-corrected chi connectivity index (χ1v) is 6.83. The summed E-state index contributed by atoms with van der Waals surface area (Å²) in [6.45, 7) is 0. The molecule has 0 atom stereocenters. The quantitative estimate of drug-likeness (QED) is 0.841. The molecule has 0 aliphatic heterocycles. The van der Waals surface area contributed by atoms with Gasteiger partial charge in [-0.05, 0) is 49.9 Å². The van der Waals surface area contributed by atoms with E-state index in [-0.39, 0.29) is 5.91 Å². The van der Waals surface area contributed by atoms with Crippen LogP contribution < -0.4 is 0 Å². The van der Waals surface area contributed by atoms with Gasteiger partial charge in [-0.25, -0.2) is 0 Å². The Balaban J connectivity index is 2.23. The van der Waals surface area contributed by atoms with Gasteiger partial charge in [-0.2, -0.15) is 5.26 Å². The van der Waals surface area contributed by atoms with Crippen LogP contribution in [0.15, 0.2) is 28.7 Å². The summed E-state index contributed by atoms with van der Waals surface area (Å²) in [6.07, 6.45) is 3.60. The van der Waals surface area contributed by atoms with Crippen molar-refractivity contribution in [2.45, 2.75) is 31.2 Å². The minimum absolute atomic E-state index is 0.0778. The Kier molecular flexibility index (Phi) is 3.72. The Morgan fingerprint density at radius 3 is 2.39 bits per heavy atom. The van der Waals surface area contributed by atoms with Crippen LogP contribution in [0.4, 0.5) is 0 Å². The van der Waals surface area contributed by atoms with Crippen LogP contribution >= 0.6 is 15.9 Å². The molecule has 1 aromatic rings. The normalized spacial score (nSPS) is 17.2. The standard InChI is InChI=1S/C14H15BrN2O/c1-17(14(10-16)8-2-3-9-14)13(18)11-4-6-12(15)7-5-11/h4-7H,2-3,8-9H2,1H3. The lowest BCUT2D eigenvalue weighted by molar-refractivity contribution is 0.0663. The number of hydrogen-bond acceptors (Lipinski definition) is 2. The fourth-order valence-corrected chi connectivity index (χ4v) is 2.73. The van der Waals surface area contributed by atoms with E-state index in [1.807, 2.05) is 12.1 Å². The highest BCUT2D eigenvalue weighted by atomic mass is 79.9. The molecular formula is C14H15BrN2O. The van der Waals surface area contributed by atoms with Gasteiger partial charge < -0.3 is 4.90 Å². The van der Waals surface area contributed by atoms with Crippen molar-refractivity contribution in [3.8, 4) is 6.07 Å². The van der Waals surface area contributed by atoms with E-state index in [9.17, 15) is 10.1 Å². The number of amides is 1. The lowest BCUT2D eigenvalue weighted by Crippen LogP contribution is -2.46. The molecule has 0 heterocycles. The third-order valence-electron chi connectivity index (χ3n) is 3.68. The number of carbonyl (C=O) groups excluding carboxylic acids is 1. The number of halogens is 1. The summed E-state index contributed by atoms with van der Waals surface area (Å²) in [5.74, 6) is -0.0778. The molecule has 0 saturated heterocycles. The summed E-state index contributed by atoms with van der Waals surface area (Å²) in [5.41, 5.74) is 0.0201. The number of nitriles is 1. The monoisotopic (exact) mass is 306 g/mol. The predicted octanol–water partition coefficient (Wildman–Crippen LogP) is 3.36. The number of nitrogens with zero attached hydrogens (tertiary/aromatic N) is 2. The maximum atomic E-state index is 12.4. The molecular weight excluding hydrogens is 292 g/mol.